The minimum Gasteiger partial charge on any atom is -0.456 e. The van der Waals surface area contributed by atoms with Crippen molar-refractivity contribution >= 4 is 12.1 Å². The van der Waals surface area contributed by atoms with Gasteiger partial charge in [0.05, 0.1) is 18.2 Å². The number of hydrogen-bond acceptors (Lipinski definition) is 7. The number of esters is 1. The van der Waals surface area contributed by atoms with Crippen molar-refractivity contribution in [3.05, 3.63) is 11.1 Å². The Morgan fingerprint density at radius 3 is 1.86 bits per heavy atom. The highest BCUT2D eigenvalue weighted by atomic mass is 16.6. The van der Waals surface area contributed by atoms with Crippen LogP contribution in [0.5, 0.6) is 0 Å². The largest absolute Gasteiger partial charge is 0.456 e. The van der Waals surface area contributed by atoms with Gasteiger partial charge in [0.1, 0.15) is 11.7 Å². The van der Waals surface area contributed by atoms with Crippen molar-refractivity contribution in [2.24, 2.45) is 17.3 Å². The van der Waals surface area contributed by atoms with Crippen LogP contribution in [0.25, 0.3) is 0 Å². The molecule has 8 heteroatoms. The third kappa shape index (κ3) is 10.5. The molecule has 0 aliphatic heterocycles. The van der Waals surface area contributed by atoms with E-state index in [2.05, 4.69) is 5.32 Å². The van der Waals surface area contributed by atoms with E-state index in [1.54, 1.807) is 27.7 Å². The lowest BCUT2D eigenvalue weighted by molar-refractivity contribution is -0.158. The molecule has 0 radical (unpaired) electrons. The van der Waals surface area contributed by atoms with Crippen molar-refractivity contribution in [1.29, 1.82) is 0 Å². The zero-order valence-corrected chi connectivity index (χ0v) is 23.9. The van der Waals surface area contributed by atoms with Gasteiger partial charge in [-0.1, -0.05) is 47.1 Å². The number of carbonyl (C=O) groups excluding carboxylic acids is 2. The summed E-state index contributed by atoms with van der Waals surface area (Å²) in [7, 11) is 0. The highest BCUT2D eigenvalue weighted by Gasteiger charge is 2.39. The van der Waals surface area contributed by atoms with Crippen LogP contribution in [0.15, 0.2) is 11.1 Å². The Morgan fingerprint density at radius 1 is 0.914 bits per heavy atom. The molecule has 0 fully saturated rings. The van der Waals surface area contributed by atoms with Crippen LogP contribution in [0.3, 0.4) is 0 Å². The highest BCUT2D eigenvalue weighted by Crippen LogP contribution is 2.35. The second-order valence-corrected chi connectivity index (χ2v) is 11.8. The number of nitrogens with one attached hydrogen (secondary N) is 1. The zero-order chi connectivity index (χ0) is 27.9. The molecule has 0 saturated heterocycles. The van der Waals surface area contributed by atoms with Crippen LogP contribution in [-0.2, 0) is 14.3 Å². The van der Waals surface area contributed by atoms with E-state index in [4.69, 9.17) is 9.47 Å². The maximum absolute atomic E-state index is 12.8. The Balaban J connectivity index is 5.52. The molecule has 0 aromatic carbocycles. The number of aliphatic hydroxyl groups excluding tert-OH is 3. The van der Waals surface area contributed by atoms with E-state index in [9.17, 15) is 24.9 Å². The summed E-state index contributed by atoms with van der Waals surface area (Å²) in [6, 6.07) is -0.869. The molecule has 206 valence electrons. The summed E-state index contributed by atoms with van der Waals surface area (Å²) in [5, 5.41) is 34.6. The van der Waals surface area contributed by atoms with Gasteiger partial charge in [-0.3, -0.25) is 0 Å². The lowest BCUT2D eigenvalue weighted by Gasteiger charge is -2.39. The van der Waals surface area contributed by atoms with Crippen molar-refractivity contribution < 1.29 is 34.4 Å². The summed E-state index contributed by atoms with van der Waals surface area (Å²) in [4.78, 5) is 25.0. The quantitative estimate of drug-likeness (QED) is 0.231. The molecule has 4 N–H and O–H groups in total. The van der Waals surface area contributed by atoms with Crippen LogP contribution in [0, 0.1) is 17.3 Å². The van der Waals surface area contributed by atoms with Gasteiger partial charge in [0.2, 0.25) is 0 Å². The van der Waals surface area contributed by atoms with E-state index < -0.39 is 53.5 Å². The second-order valence-electron chi connectivity index (χ2n) is 11.8. The first-order valence-electron chi connectivity index (χ1n) is 12.7. The number of rotatable bonds is 12. The summed E-state index contributed by atoms with van der Waals surface area (Å²) >= 11 is 0. The molecule has 0 rings (SSSR count). The monoisotopic (exact) mass is 501 g/mol. The Morgan fingerprint density at radius 2 is 1.43 bits per heavy atom. The summed E-state index contributed by atoms with van der Waals surface area (Å²) in [5.41, 5.74) is 0.159. The van der Waals surface area contributed by atoms with Gasteiger partial charge in [0, 0.05) is 11.3 Å². The molecule has 0 spiro atoms. The fraction of sp³-hybridized carbons (Fsp3) is 0.852. The predicted octanol–water partition coefficient (Wildman–Crippen LogP) is 4.35. The highest BCUT2D eigenvalue weighted by molar-refractivity contribution is 5.77. The first-order valence-corrected chi connectivity index (χ1v) is 12.7. The van der Waals surface area contributed by atoms with Crippen LogP contribution in [0.1, 0.15) is 95.9 Å². The lowest BCUT2D eigenvalue weighted by Crippen LogP contribution is -2.50. The van der Waals surface area contributed by atoms with Gasteiger partial charge in [-0.15, -0.1) is 0 Å². The van der Waals surface area contributed by atoms with Gasteiger partial charge in [0.25, 0.3) is 0 Å². The number of carbonyl (C=O) groups is 2. The van der Waals surface area contributed by atoms with Gasteiger partial charge >= 0.3 is 12.1 Å². The Bertz CT molecular complexity index is 724. The average molecular weight is 502 g/mol. The smallest absolute Gasteiger partial charge is 0.407 e. The first kappa shape index (κ1) is 33.4. The molecule has 6 atom stereocenters. The maximum Gasteiger partial charge on any atom is 0.407 e. The SMILES string of the molecule is CC[C@H](O)C(C)(C)[C@@H](O)[C@@H](C)/C(C)=C(\C)[C@H](C)OC(=O)C(O)[C@H](CC(C)C)NC(=O)OC(C)(C)C. The summed E-state index contributed by atoms with van der Waals surface area (Å²) in [6.45, 7) is 21.8. The van der Waals surface area contributed by atoms with Crippen molar-refractivity contribution in [3.63, 3.8) is 0 Å². The van der Waals surface area contributed by atoms with Gasteiger partial charge < -0.3 is 30.1 Å². The van der Waals surface area contributed by atoms with Crippen LogP contribution < -0.4 is 5.32 Å². The maximum atomic E-state index is 12.8. The lowest BCUT2D eigenvalue weighted by atomic mass is 9.72. The molecule has 1 unspecified atom stereocenters. The second kappa shape index (κ2) is 13.6. The van der Waals surface area contributed by atoms with Crippen LogP contribution >= 0.6 is 0 Å². The van der Waals surface area contributed by atoms with Crippen LogP contribution in [-0.4, -0.2) is 63.4 Å². The van der Waals surface area contributed by atoms with E-state index in [0.717, 1.165) is 11.1 Å². The molecule has 0 bridgehead atoms. The molecule has 35 heavy (non-hydrogen) atoms. The molecule has 1 amide bonds. The van der Waals surface area contributed by atoms with E-state index in [1.807, 2.05) is 55.4 Å². The molecule has 0 heterocycles. The molecule has 0 saturated carbocycles. The van der Waals surface area contributed by atoms with Crippen LogP contribution in [0.4, 0.5) is 4.79 Å². The van der Waals surface area contributed by atoms with Crippen molar-refractivity contribution in [3.8, 4) is 0 Å². The summed E-state index contributed by atoms with van der Waals surface area (Å²) < 4.78 is 10.8. The fourth-order valence-corrected chi connectivity index (χ4v) is 4.01. The van der Waals surface area contributed by atoms with Gasteiger partial charge in [-0.05, 0) is 65.9 Å². The molecule has 0 aliphatic carbocycles. The molecule has 0 aromatic heterocycles. The topological polar surface area (TPSA) is 125 Å². The Labute approximate surface area is 212 Å². The average Bonchev–Trinajstić information content (AvgIpc) is 2.73. The number of alkyl carbamates (subject to hydrolysis) is 1. The number of amides is 1. The van der Waals surface area contributed by atoms with E-state index >= 15 is 0 Å². The fourth-order valence-electron chi connectivity index (χ4n) is 4.01. The molecule has 0 aromatic rings. The van der Waals surface area contributed by atoms with Gasteiger partial charge in [0.15, 0.2) is 6.10 Å². The number of aliphatic hydroxyl groups is 3. The minimum atomic E-state index is -1.57. The van der Waals surface area contributed by atoms with E-state index in [-0.39, 0.29) is 11.8 Å². The van der Waals surface area contributed by atoms with Crippen molar-refractivity contribution in [2.45, 2.75) is 132 Å². The van der Waals surface area contributed by atoms with E-state index in [0.29, 0.717) is 12.8 Å². The van der Waals surface area contributed by atoms with Crippen molar-refractivity contribution in [1.82, 2.24) is 5.32 Å². The molecule has 0 aliphatic rings. The number of ether oxygens (including phenoxy) is 2. The van der Waals surface area contributed by atoms with Crippen LogP contribution in [0.2, 0.25) is 0 Å². The Hall–Kier alpha value is -1.64. The molecular weight excluding hydrogens is 450 g/mol. The predicted molar refractivity (Wildman–Crippen MR) is 138 cm³/mol. The third-order valence-electron chi connectivity index (χ3n) is 6.74. The Kier molecular flexibility index (Phi) is 13.0. The minimum absolute atomic E-state index is 0.0999. The molecular formula is C27H51NO7. The normalized spacial score (nSPS) is 18.6. The summed E-state index contributed by atoms with van der Waals surface area (Å²) in [6.07, 6.45) is -3.53. The third-order valence-corrected chi connectivity index (χ3v) is 6.74. The zero-order valence-electron chi connectivity index (χ0n) is 23.9. The molecule has 8 nitrogen and oxygen atoms in total. The van der Waals surface area contributed by atoms with Gasteiger partial charge in [-0.25, -0.2) is 9.59 Å². The summed E-state index contributed by atoms with van der Waals surface area (Å²) in [5.74, 6) is -1.04. The van der Waals surface area contributed by atoms with Crippen molar-refractivity contribution in [2.75, 3.05) is 0 Å². The van der Waals surface area contributed by atoms with Gasteiger partial charge in [-0.2, -0.15) is 0 Å². The standard InChI is InChI=1S/C27H51NO7/c1-13-21(29)27(11,12)23(31)18(6)16(4)17(5)19(7)34-24(32)22(30)20(14-15(2)3)28-25(33)35-26(8,9)10/h15,18-23,29-31H,13-14H2,1-12H3,(H,28,33)/b17-16+/t18-,19-,20-,21-,22?,23-/m0/s1. The number of hydrogen-bond donors (Lipinski definition) is 4. The van der Waals surface area contributed by atoms with E-state index in [1.165, 1.54) is 0 Å². The first-order chi connectivity index (χ1) is 15.8.